The molecule has 5 heteroatoms. The Bertz CT molecular complexity index is 629. The van der Waals surface area contributed by atoms with Gasteiger partial charge in [0.1, 0.15) is 0 Å². The second-order valence-electron chi connectivity index (χ2n) is 3.71. The van der Waals surface area contributed by atoms with Crippen LogP contribution in [0.15, 0.2) is 47.4 Å². The minimum absolute atomic E-state index is 0.221. The first-order valence-corrected chi connectivity index (χ1v) is 5.29. The van der Waals surface area contributed by atoms with Crippen LogP contribution in [0.1, 0.15) is 10.4 Å². The van der Waals surface area contributed by atoms with E-state index in [0.29, 0.717) is 16.9 Å². The van der Waals surface area contributed by atoms with Crippen molar-refractivity contribution in [1.29, 1.82) is 0 Å². The standard InChI is InChI=1S/C13H12N2O3/c1-18-13(17)9-2-4-11(5-3-9)15-7-6-10(14)8-12(15)16/h2-8H,14H2,1H3. The molecule has 1 aromatic heterocycles. The van der Waals surface area contributed by atoms with Crippen molar-refractivity contribution in [2.75, 3.05) is 12.8 Å². The Kier molecular flexibility index (Phi) is 3.14. The average Bonchev–Trinajstić information content (AvgIpc) is 2.38. The molecule has 0 aliphatic rings. The molecule has 0 radical (unpaired) electrons. The summed E-state index contributed by atoms with van der Waals surface area (Å²) < 4.78 is 6.04. The highest BCUT2D eigenvalue weighted by Gasteiger charge is 2.05. The topological polar surface area (TPSA) is 74.3 Å². The molecule has 5 nitrogen and oxygen atoms in total. The number of hydrogen-bond donors (Lipinski definition) is 1. The van der Waals surface area contributed by atoms with Gasteiger partial charge in [-0.05, 0) is 30.3 Å². The Hall–Kier alpha value is -2.56. The molecule has 0 saturated carbocycles. The van der Waals surface area contributed by atoms with E-state index < -0.39 is 5.97 Å². The Labute approximate surface area is 103 Å². The molecule has 0 aliphatic carbocycles. The van der Waals surface area contributed by atoms with E-state index in [4.69, 9.17) is 5.73 Å². The highest BCUT2D eigenvalue weighted by Crippen LogP contribution is 2.09. The number of ether oxygens (including phenoxy) is 1. The van der Waals surface area contributed by atoms with Crippen LogP contribution < -0.4 is 11.3 Å². The summed E-state index contributed by atoms with van der Waals surface area (Å²) in [7, 11) is 1.32. The van der Waals surface area contributed by atoms with Crippen LogP contribution in [0.3, 0.4) is 0 Å². The van der Waals surface area contributed by atoms with E-state index in [0.717, 1.165) is 0 Å². The third-order valence-corrected chi connectivity index (χ3v) is 2.51. The van der Waals surface area contributed by atoms with E-state index in [2.05, 4.69) is 4.74 Å². The van der Waals surface area contributed by atoms with Crippen LogP contribution in [-0.4, -0.2) is 17.6 Å². The maximum Gasteiger partial charge on any atom is 0.337 e. The third-order valence-electron chi connectivity index (χ3n) is 2.51. The van der Waals surface area contributed by atoms with Crippen molar-refractivity contribution in [2.45, 2.75) is 0 Å². The first-order valence-electron chi connectivity index (χ1n) is 5.29. The minimum atomic E-state index is -0.411. The SMILES string of the molecule is COC(=O)c1ccc(-n2ccc(N)cc2=O)cc1. The molecule has 0 bridgehead atoms. The van der Waals surface area contributed by atoms with Gasteiger partial charge in [0.05, 0.1) is 12.7 Å². The van der Waals surface area contributed by atoms with Crippen LogP contribution >= 0.6 is 0 Å². The molecular formula is C13H12N2O3. The molecule has 92 valence electrons. The summed E-state index contributed by atoms with van der Waals surface area (Å²) in [5, 5.41) is 0. The number of nitrogen functional groups attached to an aromatic ring is 1. The maximum absolute atomic E-state index is 11.7. The number of methoxy groups -OCH3 is 1. The molecular weight excluding hydrogens is 232 g/mol. The zero-order valence-electron chi connectivity index (χ0n) is 9.79. The molecule has 2 rings (SSSR count). The minimum Gasteiger partial charge on any atom is -0.465 e. The molecule has 0 saturated heterocycles. The van der Waals surface area contributed by atoms with Crippen molar-refractivity contribution in [2.24, 2.45) is 0 Å². The lowest BCUT2D eigenvalue weighted by Gasteiger charge is -2.06. The fraction of sp³-hybridized carbons (Fsp3) is 0.0769. The second-order valence-corrected chi connectivity index (χ2v) is 3.71. The van der Waals surface area contributed by atoms with E-state index in [1.54, 1.807) is 36.5 Å². The predicted octanol–water partition coefficient (Wildman–Crippen LogP) is 1.21. The van der Waals surface area contributed by atoms with E-state index >= 15 is 0 Å². The van der Waals surface area contributed by atoms with Crippen molar-refractivity contribution in [3.05, 3.63) is 58.5 Å². The first-order chi connectivity index (χ1) is 8.61. The molecule has 0 fully saturated rings. The molecule has 1 aromatic carbocycles. The molecule has 18 heavy (non-hydrogen) atoms. The van der Waals surface area contributed by atoms with Gasteiger partial charge in [-0.1, -0.05) is 0 Å². The number of nitrogens with zero attached hydrogens (tertiary/aromatic N) is 1. The fourth-order valence-corrected chi connectivity index (χ4v) is 1.58. The lowest BCUT2D eigenvalue weighted by Crippen LogP contribution is -2.17. The Balaban J connectivity index is 2.40. The summed E-state index contributed by atoms with van der Waals surface area (Å²) in [6.45, 7) is 0. The van der Waals surface area contributed by atoms with Gasteiger partial charge in [-0.15, -0.1) is 0 Å². The number of esters is 1. The Morgan fingerprint density at radius 2 is 1.89 bits per heavy atom. The summed E-state index contributed by atoms with van der Waals surface area (Å²) in [4.78, 5) is 23.0. The number of carbonyl (C=O) groups is 1. The predicted molar refractivity (Wildman–Crippen MR) is 67.8 cm³/mol. The van der Waals surface area contributed by atoms with Gasteiger partial charge < -0.3 is 10.5 Å². The van der Waals surface area contributed by atoms with Gasteiger partial charge in [0, 0.05) is 23.6 Å². The quantitative estimate of drug-likeness (QED) is 0.806. The van der Waals surface area contributed by atoms with Crippen molar-refractivity contribution < 1.29 is 9.53 Å². The van der Waals surface area contributed by atoms with Gasteiger partial charge in [0.25, 0.3) is 5.56 Å². The van der Waals surface area contributed by atoms with Crippen LogP contribution in [0, 0.1) is 0 Å². The molecule has 0 aliphatic heterocycles. The van der Waals surface area contributed by atoms with Gasteiger partial charge in [-0.25, -0.2) is 4.79 Å². The van der Waals surface area contributed by atoms with Crippen LogP contribution in [0.2, 0.25) is 0 Å². The highest BCUT2D eigenvalue weighted by atomic mass is 16.5. The van der Waals surface area contributed by atoms with Crippen molar-refractivity contribution in [1.82, 2.24) is 4.57 Å². The number of hydrogen-bond acceptors (Lipinski definition) is 4. The van der Waals surface area contributed by atoms with Gasteiger partial charge in [-0.3, -0.25) is 9.36 Å². The lowest BCUT2D eigenvalue weighted by molar-refractivity contribution is 0.0601. The highest BCUT2D eigenvalue weighted by molar-refractivity contribution is 5.89. The molecule has 2 N–H and O–H groups in total. The largest absolute Gasteiger partial charge is 0.465 e. The number of nitrogens with two attached hydrogens (primary N) is 1. The second kappa shape index (κ2) is 4.75. The van der Waals surface area contributed by atoms with E-state index in [1.165, 1.54) is 17.7 Å². The first kappa shape index (κ1) is 11.9. The van der Waals surface area contributed by atoms with Crippen LogP contribution in [-0.2, 0) is 4.74 Å². The number of benzene rings is 1. The molecule has 0 spiro atoms. The summed E-state index contributed by atoms with van der Waals surface area (Å²) in [6.07, 6.45) is 1.59. The summed E-state index contributed by atoms with van der Waals surface area (Å²) in [6, 6.07) is 9.52. The van der Waals surface area contributed by atoms with Crippen molar-refractivity contribution in [3.63, 3.8) is 0 Å². The molecule has 0 amide bonds. The van der Waals surface area contributed by atoms with Crippen LogP contribution in [0.4, 0.5) is 5.69 Å². The fourth-order valence-electron chi connectivity index (χ4n) is 1.58. The van der Waals surface area contributed by atoms with Gasteiger partial charge in [-0.2, -0.15) is 0 Å². The lowest BCUT2D eigenvalue weighted by atomic mass is 10.2. The maximum atomic E-state index is 11.7. The van der Waals surface area contributed by atoms with Crippen LogP contribution in [0.25, 0.3) is 5.69 Å². The smallest absolute Gasteiger partial charge is 0.337 e. The normalized spacial score (nSPS) is 10.1. The molecule has 2 aromatic rings. The van der Waals surface area contributed by atoms with Gasteiger partial charge in [0.2, 0.25) is 0 Å². The molecule has 0 atom stereocenters. The Morgan fingerprint density at radius 1 is 1.22 bits per heavy atom. The number of carbonyl (C=O) groups excluding carboxylic acids is 1. The average molecular weight is 244 g/mol. The van der Waals surface area contributed by atoms with E-state index in [9.17, 15) is 9.59 Å². The number of rotatable bonds is 2. The zero-order valence-corrected chi connectivity index (χ0v) is 9.79. The number of anilines is 1. The van der Waals surface area contributed by atoms with Gasteiger partial charge >= 0.3 is 5.97 Å². The molecule has 0 unspecified atom stereocenters. The van der Waals surface area contributed by atoms with E-state index in [-0.39, 0.29) is 5.56 Å². The molecule has 1 heterocycles. The number of aromatic nitrogens is 1. The van der Waals surface area contributed by atoms with Crippen molar-refractivity contribution >= 4 is 11.7 Å². The summed E-state index contributed by atoms with van der Waals surface area (Å²) >= 11 is 0. The zero-order chi connectivity index (χ0) is 13.1. The van der Waals surface area contributed by atoms with Crippen LogP contribution in [0.5, 0.6) is 0 Å². The Morgan fingerprint density at radius 3 is 2.44 bits per heavy atom. The van der Waals surface area contributed by atoms with Crippen molar-refractivity contribution in [3.8, 4) is 5.69 Å². The third kappa shape index (κ3) is 2.24. The van der Waals surface area contributed by atoms with Gasteiger partial charge in [0.15, 0.2) is 0 Å². The number of pyridine rings is 1. The monoisotopic (exact) mass is 244 g/mol. The summed E-state index contributed by atoms with van der Waals surface area (Å²) in [5.41, 5.74) is 6.81. The van der Waals surface area contributed by atoms with E-state index in [1.807, 2.05) is 0 Å². The summed E-state index contributed by atoms with van der Waals surface area (Å²) in [5.74, 6) is -0.411.